The minimum absolute atomic E-state index is 0.559. The topological polar surface area (TPSA) is 41.9 Å². The van der Waals surface area contributed by atoms with E-state index < -0.39 is 0 Å². The summed E-state index contributed by atoms with van der Waals surface area (Å²) in [5.74, 6) is 0. The van der Waals surface area contributed by atoms with E-state index in [-0.39, 0.29) is 0 Å². The highest BCUT2D eigenvalue weighted by Gasteiger charge is 2.13. The number of rotatable bonds is 4. The first kappa shape index (κ1) is 18.6. The highest BCUT2D eigenvalue weighted by molar-refractivity contribution is 9.10. The Hall–Kier alpha value is -2.18. The Kier molecular flexibility index (Phi) is 5.74. The molecule has 0 bridgehead atoms. The van der Waals surface area contributed by atoms with Crippen LogP contribution in [0.1, 0.15) is 22.5 Å². The summed E-state index contributed by atoms with van der Waals surface area (Å²) in [5, 5.41) is 11.7. The third-order valence-corrected chi connectivity index (χ3v) is 4.91. The molecule has 0 radical (unpaired) electrons. The summed E-state index contributed by atoms with van der Waals surface area (Å²) >= 11 is 8.92. The van der Waals surface area contributed by atoms with Crippen LogP contribution in [0.4, 0.5) is 11.4 Å². The van der Waals surface area contributed by atoms with Crippen molar-refractivity contribution >= 4 is 44.6 Å². The van der Waals surface area contributed by atoms with E-state index in [1.54, 1.807) is 0 Å². The zero-order chi connectivity index (χ0) is 18.7. The number of anilines is 2. The van der Waals surface area contributed by atoms with Crippen molar-refractivity contribution in [2.45, 2.75) is 27.3 Å². The van der Waals surface area contributed by atoms with Crippen LogP contribution in [0.3, 0.4) is 0 Å². The van der Waals surface area contributed by atoms with Crippen molar-refractivity contribution in [3.8, 4) is 0 Å². The number of aromatic nitrogens is 2. The molecular formula is C20H21BrN4S. The lowest BCUT2D eigenvalue weighted by molar-refractivity contribution is 0.659. The van der Waals surface area contributed by atoms with Crippen LogP contribution in [-0.4, -0.2) is 14.9 Å². The van der Waals surface area contributed by atoms with Crippen LogP contribution in [0.15, 0.2) is 53.0 Å². The molecule has 0 amide bonds. The molecule has 26 heavy (non-hydrogen) atoms. The fourth-order valence-corrected chi connectivity index (χ4v) is 3.19. The fraction of sp³-hybridized carbons (Fsp3) is 0.200. The van der Waals surface area contributed by atoms with Gasteiger partial charge in [-0.3, -0.25) is 4.68 Å². The van der Waals surface area contributed by atoms with Gasteiger partial charge in [-0.2, -0.15) is 5.10 Å². The van der Waals surface area contributed by atoms with Gasteiger partial charge in [-0.05, 0) is 62.8 Å². The lowest BCUT2D eigenvalue weighted by Gasteiger charge is -2.11. The third kappa shape index (κ3) is 4.51. The van der Waals surface area contributed by atoms with Crippen LogP contribution in [0.5, 0.6) is 0 Å². The zero-order valence-corrected chi connectivity index (χ0v) is 17.4. The van der Waals surface area contributed by atoms with Gasteiger partial charge in [0.15, 0.2) is 5.11 Å². The molecule has 0 saturated heterocycles. The summed E-state index contributed by atoms with van der Waals surface area (Å²) in [4.78, 5) is 0. The van der Waals surface area contributed by atoms with Crippen molar-refractivity contribution in [1.29, 1.82) is 0 Å². The molecule has 3 aromatic rings. The molecule has 4 nitrogen and oxygen atoms in total. The summed E-state index contributed by atoms with van der Waals surface area (Å²) in [7, 11) is 0. The molecule has 2 aromatic carbocycles. The van der Waals surface area contributed by atoms with Crippen molar-refractivity contribution in [1.82, 2.24) is 9.78 Å². The number of benzene rings is 2. The van der Waals surface area contributed by atoms with Gasteiger partial charge in [-0.25, -0.2) is 0 Å². The Morgan fingerprint density at radius 3 is 2.31 bits per heavy atom. The van der Waals surface area contributed by atoms with Crippen LogP contribution in [0.25, 0.3) is 0 Å². The van der Waals surface area contributed by atoms with Gasteiger partial charge in [0, 0.05) is 10.2 Å². The molecule has 0 spiro atoms. The van der Waals surface area contributed by atoms with Gasteiger partial charge in [0.2, 0.25) is 0 Å². The van der Waals surface area contributed by atoms with E-state index in [2.05, 4.69) is 69.8 Å². The second-order valence-electron chi connectivity index (χ2n) is 6.28. The van der Waals surface area contributed by atoms with E-state index in [9.17, 15) is 0 Å². The molecule has 1 aromatic heterocycles. The maximum atomic E-state index is 5.46. The van der Waals surface area contributed by atoms with Crippen molar-refractivity contribution < 1.29 is 0 Å². The number of halogens is 1. The summed E-state index contributed by atoms with van der Waals surface area (Å²) in [5.41, 5.74) is 6.31. The SMILES string of the molecule is Cc1ccc(NC(=S)Nc2c(C)nn(Cc3ccc(Br)cc3)c2C)cc1. The smallest absolute Gasteiger partial charge is 0.175 e. The summed E-state index contributed by atoms with van der Waals surface area (Å²) in [6, 6.07) is 16.4. The van der Waals surface area contributed by atoms with Gasteiger partial charge in [-0.1, -0.05) is 45.8 Å². The number of nitrogens with zero attached hydrogens (tertiary/aromatic N) is 2. The van der Waals surface area contributed by atoms with E-state index in [1.165, 1.54) is 11.1 Å². The maximum absolute atomic E-state index is 5.46. The molecule has 0 aliphatic carbocycles. The molecule has 6 heteroatoms. The predicted octanol–water partition coefficient (Wildman–Crippen LogP) is 5.43. The molecule has 0 unspecified atom stereocenters. The van der Waals surface area contributed by atoms with Gasteiger partial charge < -0.3 is 10.6 Å². The molecule has 0 saturated carbocycles. The molecule has 0 fully saturated rings. The van der Waals surface area contributed by atoms with Crippen LogP contribution in [-0.2, 0) is 6.54 Å². The Morgan fingerprint density at radius 1 is 1.00 bits per heavy atom. The molecule has 1 heterocycles. The molecule has 0 aliphatic heterocycles. The third-order valence-electron chi connectivity index (χ3n) is 4.18. The second kappa shape index (κ2) is 8.01. The molecule has 134 valence electrons. The van der Waals surface area contributed by atoms with Crippen LogP contribution >= 0.6 is 28.1 Å². The lowest BCUT2D eigenvalue weighted by Crippen LogP contribution is -2.20. The van der Waals surface area contributed by atoms with Crippen LogP contribution < -0.4 is 10.6 Å². The monoisotopic (exact) mass is 428 g/mol. The highest BCUT2D eigenvalue weighted by atomic mass is 79.9. The van der Waals surface area contributed by atoms with Crippen molar-refractivity contribution in [2.24, 2.45) is 0 Å². The second-order valence-corrected chi connectivity index (χ2v) is 7.60. The Labute approximate surface area is 167 Å². The van der Waals surface area contributed by atoms with E-state index in [4.69, 9.17) is 12.2 Å². The first-order valence-electron chi connectivity index (χ1n) is 8.35. The summed E-state index contributed by atoms with van der Waals surface area (Å²) < 4.78 is 3.07. The quantitative estimate of drug-likeness (QED) is 0.543. The summed E-state index contributed by atoms with van der Waals surface area (Å²) in [6.07, 6.45) is 0. The van der Waals surface area contributed by atoms with Gasteiger partial charge in [0.1, 0.15) is 0 Å². The number of aryl methyl sites for hydroxylation is 2. The number of thiocarbonyl (C=S) groups is 1. The normalized spacial score (nSPS) is 10.6. The average Bonchev–Trinajstić information content (AvgIpc) is 2.86. The minimum atomic E-state index is 0.559. The average molecular weight is 429 g/mol. The number of hydrogen-bond acceptors (Lipinski definition) is 2. The van der Waals surface area contributed by atoms with Crippen molar-refractivity contribution in [2.75, 3.05) is 10.6 Å². The van der Waals surface area contributed by atoms with Gasteiger partial charge >= 0.3 is 0 Å². The van der Waals surface area contributed by atoms with Crippen LogP contribution in [0, 0.1) is 20.8 Å². The van der Waals surface area contributed by atoms with Gasteiger partial charge in [0.05, 0.1) is 23.6 Å². The van der Waals surface area contributed by atoms with E-state index in [0.717, 1.165) is 33.8 Å². The molecule has 3 rings (SSSR count). The Bertz CT molecular complexity index is 914. The number of hydrogen-bond donors (Lipinski definition) is 2. The fourth-order valence-electron chi connectivity index (χ4n) is 2.71. The van der Waals surface area contributed by atoms with E-state index >= 15 is 0 Å². The predicted molar refractivity (Wildman–Crippen MR) is 116 cm³/mol. The highest BCUT2D eigenvalue weighted by Crippen LogP contribution is 2.21. The van der Waals surface area contributed by atoms with Crippen molar-refractivity contribution in [3.63, 3.8) is 0 Å². The standard InChI is InChI=1S/C20H21BrN4S/c1-13-4-10-18(11-5-13)22-20(26)23-19-14(2)24-25(15(19)3)12-16-6-8-17(21)9-7-16/h4-11H,12H2,1-3H3,(H2,22,23,26). The molecule has 0 atom stereocenters. The largest absolute Gasteiger partial charge is 0.332 e. The van der Waals surface area contributed by atoms with Gasteiger partial charge in [0.25, 0.3) is 0 Å². The first-order valence-corrected chi connectivity index (χ1v) is 9.55. The Balaban J connectivity index is 1.71. The molecule has 0 aliphatic rings. The van der Waals surface area contributed by atoms with E-state index in [1.807, 2.05) is 35.9 Å². The zero-order valence-electron chi connectivity index (χ0n) is 15.0. The van der Waals surface area contributed by atoms with Gasteiger partial charge in [-0.15, -0.1) is 0 Å². The summed E-state index contributed by atoms with van der Waals surface area (Å²) in [6.45, 7) is 6.82. The first-order chi connectivity index (χ1) is 12.4. The maximum Gasteiger partial charge on any atom is 0.175 e. The molecular weight excluding hydrogens is 408 g/mol. The van der Waals surface area contributed by atoms with Crippen LogP contribution in [0.2, 0.25) is 0 Å². The Morgan fingerprint density at radius 2 is 1.65 bits per heavy atom. The van der Waals surface area contributed by atoms with E-state index in [0.29, 0.717) is 5.11 Å². The molecule has 2 N–H and O–H groups in total. The lowest BCUT2D eigenvalue weighted by atomic mass is 10.2. The number of nitrogens with one attached hydrogen (secondary N) is 2. The van der Waals surface area contributed by atoms with Crippen molar-refractivity contribution in [3.05, 3.63) is 75.5 Å². The minimum Gasteiger partial charge on any atom is -0.332 e.